The molecule has 1 unspecified atom stereocenters. The fourth-order valence-electron chi connectivity index (χ4n) is 3.06. The van der Waals surface area contributed by atoms with Gasteiger partial charge in [0, 0.05) is 31.7 Å². The van der Waals surface area contributed by atoms with Crippen LogP contribution < -0.4 is 5.32 Å². The Hall–Kier alpha value is -2.02. The maximum Gasteiger partial charge on any atom is 0.254 e. The number of benzene rings is 1. The third kappa shape index (κ3) is 3.34. The second-order valence-corrected chi connectivity index (χ2v) is 5.90. The summed E-state index contributed by atoms with van der Waals surface area (Å²) >= 11 is 0. The van der Waals surface area contributed by atoms with Gasteiger partial charge in [0.1, 0.15) is 0 Å². The molecule has 2 aliphatic rings. The van der Waals surface area contributed by atoms with Gasteiger partial charge >= 0.3 is 0 Å². The average molecular weight is 323 g/mol. The van der Waals surface area contributed by atoms with Crippen molar-refractivity contribution in [2.45, 2.75) is 18.9 Å². The zero-order valence-corrected chi connectivity index (χ0v) is 12.7. The lowest BCUT2D eigenvalue weighted by atomic mass is 10.1. The standard InChI is InChI=1S/C16H19F2N3O2/c17-12-4-3-11(10-13(12)18)15(22)20-6-8-21(9-7-20)16(23)14-2-1-5-19-14/h3-4,10,14,19H,1-2,5-9H2. The van der Waals surface area contributed by atoms with Crippen molar-refractivity contribution in [3.63, 3.8) is 0 Å². The quantitative estimate of drug-likeness (QED) is 0.883. The van der Waals surface area contributed by atoms with E-state index in [1.54, 1.807) is 9.80 Å². The highest BCUT2D eigenvalue weighted by Gasteiger charge is 2.30. The van der Waals surface area contributed by atoms with Crippen LogP contribution in [0.1, 0.15) is 23.2 Å². The second kappa shape index (κ2) is 6.62. The average Bonchev–Trinajstić information content (AvgIpc) is 3.11. The molecule has 1 aromatic rings. The van der Waals surface area contributed by atoms with Gasteiger partial charge in [0.25, 0.3) is 5.91 Å². The minimum Gasteiger partial charge on any atom is -0.338 e. The molecule has 5 nitrogen and oxygen atoms in total. The number of piperazine rings is 1. The van der Waals surface area contributed by atoms with Crippen molar-refractivity contribution in [1.82, 2.24) is 15.1 Å². The smallest absolute Gasteiger partial charge is 0.254 e. The molecular weight excluding hydrogens is 304 g/mol. The molecule has 2 saturated heterocycles. The van der Waals surface area contributed by atoms with Crippen LogP contribution in [0.3, 0.4) is 0 Å². The van der Waals surface area contributed by atoms with Crippen LogP contribution in [-0.4, -0.2) is 60.4 Å². The minimum absolute atomic E-state index is 0.0856. The summed E-state index contributed by atoms with van der Waals surface area (Å²) in [6.07, 6.45) is 1.86. The molecule has 0 radical (unpaired) electrons. The highest BCUT2D eigenvalue weighted by Crippen LogP contribution is 2.15. The Kier molecular flexibility index (Phi) is 4.56. The number of hydrogen-bond acceptors (Lipinski definition) is 3. The zero-order valence-electron chi connectivity index (χ0n) is 12.7. The molecule has 7 heteroatoms. The summed E-state index contributed by atoms with van der Waals surface area (Å²) in [7, 11) is 0. The molecule has 23 heavy (non-hydrogen) atoms. The fourth-order valence-corrected chi connectivity index (χ4v) is 3.06. The number of amides is 2. The van der Waals surface area contributed by atoms with Crippen LogP contribution in [0.25, 0.3) is 0 Å². The van der Waals surface area contributed by atoms with Crippen LogP contribution in [0.4, 0.5) is 8.78 Å². The first kappa shape index (κ1) is 15.9. The maximum absolute atomic E-state index is 13.2. The molecule has 1 N–H and O–H groups in total. The molecule has 2 aliphatic heterocycles. The van der Waals surface area contributed by atoms with Gasteiger partial charge in [-0.2, -0.15) is 0 Å². The number of nitrogens with one attached hydrogen (secondary N) is 1. The molecule has 2 heterocycles. The molecule has 0 aliphatic carbocycles. The lowest BCUT2D eigenvalue weighted by Gasteiger charge is -2.36. The second-order valence-electron chi connectivity index (χ2n) is 5.90. The Labute approximate surface area is 133 Å². The highest BCUT2D eigenvalue weighted by atomic mass is 19.2. The lowest BCUT2D eigenvalue weighted by molar-refractivity contribution is -0.134. The number of halogens is 2. The largest absolute Gasteiger partial charge is 0.338 e. The summed E-state index contributed by atoms with van der Waals surface area (Å²) < 4.78 is 26.2. The molecular formula is C16H19F2N3O2. The van der Waals surface area contributed by atoms with Gasteiger partial charge in [-0.25, -0.2) is 8.78 Å². The first-order valence-electron chi connectivity index (χ1n) is 7.83. The van der Waals surface area contributed by atoms with E-state index in [0.29, 0.717) is 26.2 Å². The highest BCUT2D eigenvalue weighted by molar-refractivity contribution is 5.94. The fraction of sp³-hybridized carbons (Fsp3) is 0.500. The molecule has 0 spiro atoms. The molecule has 0 saturated carbocycles. The maximum atomic E-state index is 13.2. The Morgan fingerprint density at radius 1 is 1.04 bits per heavy atom. The Bertz CT molecular complexity index is 609. The van der Waals surface area contributed by atoms with E-state index in [1.807, 2.05) is 0 Å². The SMILES string of the molecule is O=C(c1ccc(F)c(F)c1)N1CCN(C(=O)C2CCCN2)CC1. The van der Waals surface area contributed by atoms with E-state index in [4.69, 9.17) is 0 Å². The van der Waals surface area contributed by atoms with Crippen molar-refractivity contribution in [2.75, 3.05) is 32.7 Å². The molecule has 1 aromatic carbocycles. The van der Waals surface area contributed by atoms with Crippen LogP contribution in [0.5, 0.6) is 0 Å². The summed E-state index contributed by atoms with van der Waals surface area (Å²) in [4.78, 5) is 27.9. The van der Waals surface area contributed by atoms with Crippen molar-refractivity contribution in [1.29, 1.82) is 0 Å². The van der Waals surface area contributed by atoms with E-state index >= 15 is 0 Å². The topological polar surface area (TPSA) is 52.7 Å². The van der Waals surface area contributed by atoms with E-state index in [0.717, 1.165) is 31.5 Å². The monoisotopic (exact) mass is 323 g/mol. The predicted molar refractivity (Wildman–Crippen MR) is 79.9 cm³/mol. The van der Waals surface area contributed by atoms with Crippen LogP contribution in [0, 0.1) is 11.6 Å². The number of rotatable bonds is 2. The number of carbonyl (C=O) groups excluding carboxylic acids is 2. The molecule has 0 aromatic heterocycles. The van der Waals surface area contributed by atoms with Gasteiger partial charge in [-0.1, -0.05) is 0 Å². The predicted octanol–water partition coefficient (Wildman–Crippen LogP) is 1.00. The van der Waals surface area contributed by atoms with Gasteiger partial charge in [-0.15, -0.1) is 0 Å². The normalized spacial score (nSPS) is 21.6. The van der Waals surface area contributed by atoms with E-state index < -0.39 is 11.6 Å². The molecule has 3 rings (SSSR count). The third-order valence-electron chi connectivity index (χ3n) is 4.40. The van der Waals surface area contributed by atoms with E-state index in [1.165, 1.54) is 6.07 Å². The molecule has 2 amide bonds. The van der Waals surface area contributed by atoms with Gasteiger partial charge < -0.3 is 15.1 Å². The Morgan fingerprint density at radius 3 is 2.35 bits per heavy atom. The van der Waals surface area contributed by atoms with Gasteiger partial charge in [0.2, 0.25) is 5.91 Å². The summed E-state index contributed by atoms with van der Waals surface area (Å²) in [6.45, 7) is 2.59. The van der Waals surface area contributed by atoms with Crippen molar-refractivity contribution >= 4 is 11.8 Å². The van der Waals surface area contributed by atoms with Crippen LogP contribution in [0.2, 0.25) is 0 Å². The van der Waals surface area contributed by atoms with Crippen molar-refractivity contribution in [2.24, 2.45) is 0 Å². The van der Waals surface area contributed by atoms with Gasteiger partial charge in [-0.05, 0) is 37.6 Å². The molecule has 2 fully saturated rings. The lowest BCUT2D eigenvalue weighted by Crippen LogP contribution is -2.54. The van der Waals surface area contributed by atoms with E-state index in [2.05, 4.69) is 5.32 Å². The molecule has 0 bridgehead atoms. The first-order chi connectivity index (χ1) is 11.1. The summed E-state index contributed by atoms with van der Waals surface area (Å²) in [6, 6.07) is 3.04. The van der Waals surface area contributed by atoms with E-state index in [-0.39, 0.29) is 23.4 Å². The van der Waals surface area contributed by atoms with Gasteiger partial charge in [0.15, 0.2) is 11.6 Å². The van der Waals surface area contributed by atoms with Crippen LogP contribution in [-0.2, 0) is 4.79 Å². The Morgan fingerprint density at radius 2 is 1.74 bits per heavy atom. The summed E-state index contributed by atoms with van der Waals surface area (Å²) in [5.74, 6) is -2.25. The van der Waals surface area contributed by atoms with Crippen molar-refractivity contribution in [3.05, 3.63) is 35.4 Å². The Balaban J connectivity index is 1.58. The molecule has 1 atom stereocenters. The third-order valence-corrected chi connectivity index (χ3v) is 4.40. The summed E-state index contributed by atoms with van der Waals surface area (Å²) in [5.41, 5.74) is 0.126. The number of carbonyl (C=O) groups is 2. The van der Waals surface area contributed by atoms with Gasteiger partial charge in [0.05, 0.1) is 6.04 Å². The van der Waals surface area contributed by atoms with Crippen LogP contribution in [0.15, 0.2) is 18.2 Å². The number of hydrogen-bond donors (Lipinski definition) is 1. The van der Waals surface area contributed by atoms with Crippen LogP contribution >= 0.6 is 0 Å². The van der Waals surface area contributed by atoms with E-state index in [9.17, 15) is 18.4 Å². The zero-order chi connectivity index (χ0) is 16.4. The minimum atomic E-state index is -1.03. The number of nitrogens with zero attached hydrogens (tertiary/aromatic N) is 2. The molecule has 124 valence electrons. The van der Waals surface area contributed by atoms with Crippen molar-refractivity contribution < 1.29 is 18.4 Å². The first-order valence-corrected chi connectivity index (χ1v) is 7.83. The summed E-state index contributed by atoms with van der Waals surface area (Å²) in [5, 5.41) is 3.18. The van der Waals surface area contributed by atoms with Crippen molar-refractivity contribution in [3.8, 4) is 0 Å². The van der Waals surface area contributed by atoms with Gasteiger partial charge in [-0.3, -0.25) is 9.59 Å².